The van der Waals surface area contributed by atoms with Crippen LogP contribution in [0.1, 0.15) is 24.0 Å². The summed E-state index contributed by atoms with van der Waals surface area (Å²) in [5.41, 5.74) is 2.33. The summed E-state index contributed by atoms with van der Waals surface area (Å²) in [5, 5.41) is 4.31. The Bertz CT molecular complexity index is 456. The molecule has 3 rings (SSSR count). The highest BCUT2D eigenvalue weighted by molar-refractivity contribution is 6.31. The number of halogens is 1. The molecule has 1 aromatic rings. The highest BCUT2D eigenvalue weighted by Gasteiger charge is 2.23. The predicted molar refractivity (Wildman–Crippen MR) is 71.9 cm³/mol. The standard InChI is InChI=1S/C14H18ClNO2/c1-9-11(7-10-3-2-4-16-10)12(15)8-13-14(9)18-6-5-17-13/h8,10,16H,2-7H2,1H3. The number of hydrogen-bond donors (Lipinski definition) is 1. The quantitative estimate of drug-likeness (QED) is 0.894. The van der Waals surface area contributed by atoms with Gasteiger partial charge in [-0.25, -0.2) is 0 Å². The van der Waals surface area contributed by atoms with E-state index in [4.69, 9.17) is 21.1 Å². The van der Waals surface area contributed by atoms with Crippen molar-refractivity contribution in [2.75, 3.05) is 19.8 Å². The molecule has 0 aromatic heterocycles. The van der Waals surface area contributed by atoms with Crippen LogP contribution in [0.25, 0.3) is 0 Å². The van der Waals surface area contributed by atoms with Gasteiger partial charge in [-0.15, -0.1) is 0 Å². The zero-order valence-corrected chi connectivity index (χ0v) is 11.3. The molecule has 98 valence electrons. The van der Waals surface area contributed by atoms with Gasteiger partial charge in [0.15, 0.2) is 11.5 Å². The van der Waals surface area contributed by atoms with Crippen molar-refractivity contribution >= 4 is 11.6 Å². The van der Waals surface area contributed by atoms with E-state index in [1.807, 2.05) is 6.07 Å². The van der Waals surface area contributed by atoms with Crippen LogP contribution in [0, 0.1) is 6.92 Å². The largest absolute Gasteiger partial charge is 0.486 e. The van der Waals surface area contributed by atoms with Crippen molar-refractivity contribution in [1.29, 1.82) is 0 Å². The molecule has 1 aromatic carbocycles. The summed E-state index contributed by atoms with van der Waals surface area (Å²) in [7, 11) is 0. The van der Waals surface area contributed by atoms with E-state index < -0.39 is 0 Å². The Balaban J connectivity index is 1.92. The highest BCUT2D eigenvalue weighted by Crippen LogP contribution is 2.40. The molecule has 0 bridgehead atoms. The fourth-order valence-electron chi connectivity index (χ4n) is 2.78. The molecule has 3 nitrogen and oxygen atoms in total. The SMILES string of the molecule is Cc1c(CC2CCCN2)c(Cl)cc2c1OCCO2. The molecule has 0 aliphatic carbocycles. The van der Waals surface area contributed by atoms with Gasteiger partial charge < -0.3 is 14.8 Å². The van der Waals surface area contributed by atoms with E-state index in [-0.39, 0.29) is 0 Å². The van der Waals surface area contributed by atoms with Crippen LogP contribution in [0.5, 0.6) is 11.5 Å². The van der Waals surface area contributed by atoms with E-state index in [1.54, 1.807) is 0 Å². The molecule has 2 heterocycles. The van der Waals surface area contributed by atoms with Crippen molar-refractivity contribution in [2.24, 2.45) is 0 Å². The Morgan fingerprint density at radius 3 is 3.00 bits per heavy atom. The molecule has 1 N–H and O–H groups in total. The first-order chi connectivity index (χ1) is 8.75. The number of benzene rings is 1. The Labute approximate surface area is 112 Å². The van der Waals surface area contributed by atoms with Gasteiger partial charge in [-0.1, -0.05) is 11.6 Å². The lowest BCUT2D eigenvalue weighted by molar-refractivity contribution is 0.170. The van der Waals surface area contributed by atoms with Crippen LogP contribution in [-0.2, 0) is 6.42 Å². The van der Waals surface area contributed by atoms with E-state index >= 15 is 0 Å². The van der Waals surface area contributed by atoms with Crippen molar-refractivity contribution in [3.05, 3.63) is 22.2 Å². The van der Waals surface area contributed by atoms with Crippen LogP contribution in [0.2, 0.25) is 5.02 Å². The molecule has 1 saturated heterocycles. The summed E-state index contributed by atoms with van der Waals surface area (Å²) in [6.45, 7) is 4.42. The molecule has 0 amide bonds. The van der Waals surface area contributed by atoms with Crippen LogP contribution >= 0.6 is 11.6 Å². The summed E-state index contributed by atoms with van der Waals surface area (Å²) in [6, 6.07) is 2.44. The average Bonchev–Trinajstić information content (AvgIpc) is 2.87. The highest BCUT2D eigenvalue weighted by atomic mass is 35.5. The van der Waals surface area contributed by atoms with E-state index in [9.17, 15) is 0 Å². The van der Waals surface area contributed by atoms with Crippen molar-refractivity contribution < 1.29 is 9.47 Å². The Morgan fingerprint density at radius 2 is 2.22 bits per heavy atom. The van der Waals surface area contributed by atoms with E-state index in [0.29, 0.717) is 19.3 Å². The lowest BCUT2D eigenvalue weighted by atomic mass is 9.98. The molecule has 0 saturated carbocycles. The average molecular weight is 268 g/mol. The van der Waals surface area contributed by atoms with Crippen molar-refractivity contribution in [3.8, 4) is 11.5 Å². The van der Waals surface area contributed by atoms with Crippen LogP contribution < -0.4 is 14.8 Å². The van der Waals surface area contributed by atoms with Gasteiger partial charge in [-0.2, -0.15) is 0 Å². The van der Waals surface area contributed by atoms with E-state index in [2.05, 4.69) is 12.2 Å². The Hall–Kier alpha value is -0.930. The number of nitrogens with one attached hydrogen (secondary N) is 1. The molecule has 4 heteroatoms. The molecule has 0 radical (unpaired) electrons. The molecular formula is C14H18ClNO2. The Kier molecular flexibility index (Phi) is 3.35. The zero-order valence-electron chi connectivity index (χ0n) is 10.6. The smallest absolute Gasteiger partial charge is 0.164 e. The molecule has 1 unspecified atom stereocenters. The third-order valence-corrected chi connectivity index (χ3v) is 4.10. The number of rotatable bonds is 2. The molecule has 1 fully saturated rings. The third kappa shape index (κ3) is 2.17. The molecule has 1 atom stereocenters. The van der Waals surface area contributed by atoms with Gasteiger partial charge in [0, 0.05) is 17.1 Å². The van der Waals surface area contributed by atoms with Gasteiger partial charge in [0.2, 0.25) is 0 Å². The Morgan fingerprint density at radius 1 is 1.39 bits per heavy atom. The molecule has 0 spiro atoms. The summed E-state index contributed by atoms with van der Waals surface area (Å²) < 4.78 is 11.3. The molecule has 18 heavy (non-hydrogen) atoms. The van der Waals surface area contributed by atoms with E-state index in [0.717, 1.165) is 35.1 Å². The maximum atomic E-state index is 6.38. The van der Waals surface area contributed by atoms with Gasteiger partial charge in [0.1, 0.15) is 13.2 Å². The molecular weight excluding hydrogens is 250 g/mol. The first-order valence-corrected chi connectivity index (χ1v) is 6.94. The van der Waals surface area contributed by atoms with Crippen LogP contribution in [0.15, 0.2) is 6.07 Å². The zero-order chi connectivity index (χ0) is 12.5. The van der Waals surface area contributed by atoms with Crippen molar-refractivity contribution in [1.82, 2.24) is 5.32 Å². The molecule has 2 aliphatic heterocycles. The van der Waals surface area contributed by atoms with Crippen LogP contribution in [-0.4, -0.2) is 25.8 Å². The fraction of sp³-hybridized carbons (Fsp3) is 0.571. The summed E-state index contributed by atoms with van der Waals surface area (Å²) in [5.74, 6) is 1.66. The lowest BCUT2D eigenvalue weighted by Gasteiger charge is -2.23. The first-order valence-electron chi connectivity index (χ1n) is 6.56. The number of fused-ring (bicyclic) bond motifs is 1. The predicted octanol–water partition coefficient (Wildman–Crippen LogP) is 2.71. The second-order valence-corrected chi connectivity index (χ2v) is 5.39. The maximum absolute atomic E-state index is 6.38. The topological polar surface area (TPSA) is 30.5 Å². The second kappa shape index (κ2) is 4.98. The monoisotopic (exact) mass is 267 g/mol. The summed E-state index contributed by atoms with van der Waals surface area (Å²) in [4.78, 5) is 0. The van der Waals surface area contributed by atoms with Gasteiger partial charge in [-0.3, -0.25) is 0 Å². The van der Waals surface area contributed by atoms with Gasteiger partial charge >= 0.3 is 0 Å². The van der Waals surface area contributed by atoms with Gasteiger partial charge in [0.05, 0.1) is 0 Å². The second-order valence-electron chi connectivity index (χ2n) is 4.98. The first kappa shape index (κ1) is 12.1. The van der Waals surface area contributed by atoms with Crippen LogP contribution in [0.3, 0.4) is 0 Å². The van der Waals surface area contributed by atoms with Gasteiger partial charge in [0.25, 0.3) is 0 Å². The number of hydrogen-bond acceptors (Lipinski definition) is 3. The van der Waals surface area contributed by atoms with Gasteiger partial charge in [-0.05, 0) is 43.9 Å². The lowest BCUT2D eigenvalue weighted by Crippen LogP contribution is -2.24. The maximum Gasteiger partial charge on any atom is 0.164 e. The minimum absolute atomic E-state index is 0.545. The third-order valence-electron chi connectivity index (χ3n) is 3.76. The normalized spacial score (nSPS) is 22.2. The van der Waals surface area contributed by atoms with Crippen molar-refractivity contribution in [3.63, 3.8) is 0 Å². The summed E-state index contributed by atoms with van der Waals surface area (Å²) in [6.07, 6.45) is 3.46. The van der Waals surface area contributed by atoms with Crippen LogP contribution in [0.4, 0.5) is 0 Å². The number of ether oxygens (including phenoxy) is 2. The minimum Gasteiger partial charge on any atom is -0.486 e. The van der Waals surface area contributed by atoms with Crippen molar-refractivity contribution in [2.45, 2.75) is 32.2 Å². The minimum atomic E-state index is 0.545. The molecule has 2 aliphatic rings. The van der Waals surface area contributed by atoms with E-state index in [1.165, 1.54) is 18.4 Å². The fourth-order valence-corrected chi connectivity index (χ4v) is 3.10. The summed E-state index contributed by atoms with van der Waals surface area (Å²) >= 11 is 6.38.